The lowest BCUT2D eigenvalue weighted by Crippen LogP contribution is -2.08. The van der Waals surface area contributed by atoms with Crippen molar-refractivity contribution < 1.29 is 27.6 Å². The standard InChI is InChI=1S/C18H15ClN2O6S2/c1-9-5-13-14(26-8-25-13)7-11(9)6-12(22)17-15(3-4-28-17)29(23,24)21-18-16(19)10(2)20-27-18/h3-5,7H,6,8H2,1-2H3,(H,21,23,24). The third kappa shape index (κ3) is 3.76. The fraction of sp³-hybridized carbons (Fsp3) is 0.222. The summed E-state index contributed by atoms with van der Waals surface area (Å²) in [6.07, 6.45) is 0.0354. The Bertz CT molecular complexity index is 1240. The van der Waals surface area contributed by atoms with Gasteiger partial charge in [0.05, 0.1) is 9.77 Å². The third-order valence-electron chi connectivity index (χ3n) is 4.33. The molecule has 152 valence electrons. The maximum absolute atomic E-state index is 12.9. The summed E-state index contributed by atoms with van der Waals surface area (Å²) in [5, 5.41) is 5.22. The number of ketones is 1. The van der Waals surface area contributed by atoms with Gasteiger partial charge in [0.15, 0.2) is 27.3 Å². The molecule has 0 spiro atoms. The molecule has 0 saturated heterocycles. The number of halogens is 1. The molecule has 0 amide bonds. The van der Waals surface area contributed by atoms with Crippen LogP contribution in [0.3, 0.4) is 0 Å². The molecule has 0 radical (unpaired) electrons. The van der Waals surface area contributed by atoms with E-state index in [1.807, 2.05) is 6.92 Å². The highest BCUT2D eigenvalue weighted by Crippen LogP contribution is 2.36. The Balaban J connectivity index is 1.67. The van der Waals surface area contributed by atoms with E-state index in [-0.39, 0.29) is 39.7 Å². The van der Waals surface area contributed by atoms with E-state index in [0.29, 0.717) is 17.2 Å². The van der Waals surface area contributed by atoms with Crippen molar-refractivity contribution in [1.29, 1.82) is 0 Å². The summed E-state index contributed by atoms with van der Waals surface area (Å²) in [6, 6.07) is 4.95. The van der Waals surface area contributed by atoms with Crippen molar-refractivity contribution in [2.45, 2.75) is 25.2 Å². The monoisotopic (exact) mass is 454 g/mol. The molecule has 1 aliphatic rings. The molecule has 2 aromatic heterocycles. The number of rotatable bonds is 5. The van der Waals surface area contributed by atoms with Gasteiger partial charge < -0.3 is 14.0 Å². The number of benzene rings is 1. The minimum absolute atomic E-state index is 0.0354. The van der Waals surface area contributed by atoms with Gasteiger partial charge in [-0.3, -0.25) is 9.35 Å². The summed E-state index contributed by atoms with van der Waals surface area (Å²) < 4.78 is 42.6. The van der Waals surface area contributed by atoms with E-state index >= 15 is 0 Å². The predicted molar refractivity (Wildman–Crippen MR) is 107 cm³/mol. The number of Topliss-reactive ketones (excluding diaryl/α,β-unsaturated/α-hetero) is 1. The van der Waals surface area contributed by atoms with Crippen molar-refractivity contribution in [2.24, 2.45) is 4.36 Å². The fourth-order valence-corrected chi connectivity index (χ4v) is 5.30. The van der Waals surface area contributed by atoms with Gasteiger partial charge in [0.2, 0.25) is 6.79 Å². The van der Waals surface area contributed by atoms with Gasteiger partial charge in [-0.2, -0.15) is 0 Å². The first-order valence-corrected chi connectivity index (χ1v) is 11.1. The highest BCUT2D eigenvalue weighted by atomic mass is 35.5. The molecule has 3 heterocycles. The number of aryl methyl sites for hydroxylation is 2. The second-order valence-electron chi connectivity index (χ2n) is 6.32. The quantitative estimate of drug-likeness (QED) is 0.551. The molecule has 8 nitrogen and oxygen atoms in total. The van der Waals surface area contributed by atoms with Crippen LogP contribution >= 0.6 is 22.9 Å². The van der Waals surface area contributed by atoms with E-state index in [0.717, 1.165) is 22.5 Å². The zero-order valence-corrected chi connectivity index (χ0v) is 17.7. The molecule has 1 N–H and O–H groups in total. The normalized spacial score (nSPS) is 14.6. The number of hydrogen-bond acceptors (Lipinski definition) is 8. The largest absolute Gasteiger partial charge is 0.454 e. The van der Waals surface area contributed by atoms with Gasteiger partial charge in [0.25, 0.3) is 5.88 Å². The number of carbonyl (C=O) groups is 1. The minimum atomic E-state index is -3.97. The summed E-state index contributed by atoms with van der Waals surface area (Å²) in [5.41, 5.74) is 1.95. The average Bonchev–Trinajstić information content (AvgIpc) is 3.39. The van der Waals surface area contributed by atoms with Gasteiger partial charge in [-0.25, -0.2) is 4.21 Å². The third-order valence-corrected chi connectivity index (χ3v) is 7.18. The van der Waals surface area contributed by atoms with Crippen molar-refractivity contribution in [3.05, 3.63) is 50.3 Å². The van der Waals surface area contributed by atoms with E-state index in [9.17, 15) is 13.6 Å². The molecule has 0 aliphatic carbocycles. The second-order valence-corrected chi connectivity index (χ2v) is 9.23. The number of aromatic nitrogens is 1. The second kappa shape index (κ2) is 7.45. The molecule has 0 bridgehead atoms. The Hall–Kier alpha value is -2.40. The lowest BCUT2D eigenvalue weighted by Gasteiger charge is -2.08. The highest BCUT2D eigenvalue weighted by Gasteiger charge is 2.24. The smallest absolute Gasteiger partial charge is 0.279 e. The average molecular weight is 455 g/mol. The van der Waals surface area contributed by atoms with Gasteiger partial charge in [0.1, 0.15) is 10.7 Å². The van der Waals surface area contributed by atoms with Crippen molar-refractivity contribution in [2.75, 3.05) is 6.79 Å². The van der Waals surface area contributed by atoms with Crippen molar-refractivity contribution in [1.82, 2.24) is 5.16 Å². The number of nitrogens with zero attached hydrogens (tertiary/aromatic N) is 2. The van der Waals surface area contributed by atoms with Crippen LogP contribution in [-0.2, 0) is 16.4 Å². The molecule has 0 saturated carbocycles. The number of thiophene rings is 1. The fourth-order valence-electron chi connectivity index (χ4n) is 2.80. The lowest BCUT2D eigenvalue weighted by molar-refractivity contribution is 0.0993. The van der Waals surface area contributed by atoms with Crippen LogP contribution in [0.1, 0.15) is 26.5 Å². The topological polar surface area (TPSA) is 111 Å². The van der Waals surface area contributed by atoms with Crippen LogP contribution in [0.4, 0.5) is 5.88 Å². The molecule has 0 fully saturated rings. The maximum Gasteiger partial charge on any atom is 0.279 e. The summed E-state index contributed by atoms with van der Waals surface area (Å²) in [6.45, 7) is 3.58. The van der Waals surface area contributed by atoms with Crippen molar-refractivity contribution in [3.8, 4) is 11.5 Å². The van der Waals surface area contributed by atoms with Crippen LogP contribution in [-0.4, -0.2) is 26.5 Å². The van der Waals surface area contributed by atoms with E-state index in [1.165, 1.54) is 6.07 Å². The number of carbonyl (C=O) groups excluding carboxylic acids is 1. The molecule has 1 aliphatic heterocycles. The first-order valence-electron chi connectivity index (χ1n) is 8.37. The van der Waals surface area contributed by atoms with Gasteiger partial charge in [-0.1, -0.05) is 16.8 Å². The summed E-state index contributed by atoms with van der Waals surface area (Å²) in [5.74, 6) is 0.634. The predicted octanol–water partition coefficient (Wildman–Crippen LogP) is 4.79. The molecule has 29 heavy (non-hydrogen) atoms. The number of fused-ring (bicyclic) bond motifs is 1. The number of hydrogen-bond donors (Lipinski definition) is 1. The van der Waals surface area contributed by atoms with E-state index in [4.69, 9.17) is 25.6 Å². The Kier molecular flexibility index (Phi) is 5.11. The SMILES string of the molecule is Cc1cc2c(cc1CC(=O)c1sccc1S(=O)(O)=Nc1onc(C)c1Cl)OCO2. The van der Waals surface area contributed by atoms with Crippen molar-refractivity contribution >= 4 is 44.6 Å². The molecule has 11 heteroatoms. The Morgan fingerprint density at radius 1 is 1.34 bits per heavy atom. The van der Waals surface area contributed by atoms with Crippen LogP contribution in [0.25, 0.3) is 0 Å². The van der Waals surface area contributed by atoms with Crippen LogP contribution in [0.15, 0.2) is 37.4 Å². The molecule has 1 atom stereocenters. The van der Waals surface area contributed by atoms with Gasteiger partial charge in [0, 0.05) is 6.42 Å². The first kappa shape index (κ1) is 19.9. The molecular formula is C18H15ClN2O6S2. The van der Waals surface area contributed by atoms with Crippen LogP contribution < -0.4 is 9.47 Å². The maximum atomic E-state index is 12.9. The van der Waals surface area contributed by atoms with E-state index in [1.54, 1.807) is 24.4 Å². The molecule has 1 aromatic carbocycles. The van der Waals surface area contributed by atoms with Gasteiger partial charge in [-0.05, 0) is 48.6 Å². The van der Waals surface area contributed by atoms with E-state index < -0.39 is 10.0 Å². The van der Waals surface area contributed by atoms with Gasteiger partial charge in [-0.15, -0.1) is 15.7 Å². The lowest BCUT2D eigenvalue weighted by atomic mass is 10.0. The molecule has 1 unspecified atom stereocenters. The zero-order valence-electron chi connectivity index (χ0n) is 15.3. The summed E-state index contributed by atoms with van der Waals surface area (Å²) >= 11 is 7.05. The van der Waals surface area contributed by atoms with Crippen LogP contribution in [0.2, 0.25) is 5.02 Å². The summed E-state index contributed by atoms with van der Waals surface area (Å²) in [4.78, 5) is 13.0. The zero-order chi connectivity index (χ0) is 20.8. The first-order chi connectivity index (χ1) is 13.8. The van der Waals surface area contributed by atoms with Crippen LogP contribution in [0, 0.1) is 13.8 Å². The Labute approximate surface area is 175 Å². The Morgan fingerprint density at radius 2 is 2.07 bits per heavy atom. The molecule has 3 aromatic rings. The molecular weight excluding hydrogens is 440 g/mol. The minimum Gasteiger partial charge on any atom is -0.454 e. The van der Waals surface area contributed by atoms with Crippen LogP contribution in [0.5, 0.6) is 11.5 Å². The van der Waals surface area contributed by atoms with E-state index in [2.05, 4.69) is 9.52 Å². The van der Waals surface area contributed by atoms with Crippen molar-refractivity contribution in [3.63, 3.8) is 0 Å². The van der Waals surface area contributed by atoms with Gasteiger partial charge >= 0.3 is 0 Å². The number of ether oxygens (including phenoxy) is 2. The molecule has 4 rings (SSSR count). The summed E-state index contributed by atoms with van der Waals surface area (Å²) in [7, 11) is -3.97. The highest BCUT2D eigenvalue weighted by molar-refractivity contribution is 7.88. The Morgan fingerprint density at radius 3 is 2.76 bits per heavy atom.